The van der Waals surface area contributed by atoms with Gasteiger partial charge in [-0.25, -0.2) is 8.42 Å². The van der Waals surface area contributed by atoms with Crippen molar-refractivity contribution < 1.29 is 17.7 Å². The Morgan fingerprint density at radius 3 is 2.36 bits per heavy atom. The number of carbonyl (C=O) groups excluding carboxylic acids is 1. The van der Waals surface area contributed by atoms with Crippen LogP contribution in [0.5, 0.6) is 0 Å². The van der Waals surface area contributed by atoms with E-state index in [4.69, 9.17) is 4.52 Å². The van der Waals surface area contributed by atoms with Gasteiger partial charge in [-0.2, -0.15) is 4.31 Å². The van der Waals surface area contributed by atoms with Crippen LogP contribution < -0.4 is 5.32 Å². The number of hydrogen-bond acceptors (Lipinski definition) is 5. The zero-order valence-electron chi connectivity index (χ0n) is 21.5. The number of piperidine rings is 1. The molecule has 1 unspecified atom stereocenters. The van der Waals surface area contributed by atoms with Gasteiger partial charge >= 0.3 is 0 Å². The zero-order chi connectivity index (χ0) is 26.0. The molecule has 0 saturated carbocycles. The summed E-state index contributed by atoms with van der Waals surface area (Å²) in [6.45, 7) is 10.2. The maximum Gasteiger partial charge on any atom is 0.248 e. The third kappa shape index (κ3) is 5.44. The molecule has 0 bridgehead atoms. The summed E-state index contributed by atoms with van der Waals surface area (Å²) in [6.07, 6.45) is 4.77. The van der Waals surface area contributed by atoms with Gasteiger partial charge in [0.15, 0.2) is 10.7 Å². The highest BCUT2D eigenvalue weighted by Crippen LogP contribution is 2.30. The van der Waals surface area contributed by atoms with Crippen LogP contribution >= 0.6 is 0 Å². The third-order valence-electron chi connectivity index (χ3n) is 6.64. The molecule has 0 aliphatic carbocycles. The second kappa shape index (κ2) is 10.4. The van der Waals surface area contributed by atoms with Crippen LogP contribution in [-0.2, 0) is 14.8 Å². The minimum atomic E-state index is -3.91. The van der Waals surface area contributed by atoms with Crippen LogP contribution in [0.2, 0.25) is 0 Å². The number of benzene rings is 2. The number of aromatic nitrogens is 1. The maximum atomic E-state index is 13.7. The summed E-state index contributed by atoms with van der Waals surface area (Å²) >= 11 is 0. The highest BCUT2D eigenvalue weighted by Gasteiger charge is 2.37. The van der Waals surface area contributed by atoms with Gasteiger partial charge in [0.05, 0.1) is 5.92 Å². The van der Waals surface area contributed by atoms with Gasteiger partial charge in [-0.3, -0.25) is 4.79 Å². The molecule has 8 heteroatoms. The minimum Gasteiger partial charge on any atom is -0.355 e. The first-order chi connectivity index (χ1) is 17.1. The van der Waals surface area contributed by atoms with Crippen LogP contribution in [0.3, 0.4) is 0 Å². The van der Waals surface area contributed by atoms with E-state index in [-0.39, 0.29) is 23.1 Å². The van der Waals surface area contributed by atoms with Gasteiger partial charge in [-0.1, -0.05) is 46.6 Å². The molecule has 1 aromatic heterocycles. The summed E-state index contributed by atoms with van der Waals surface area (Å²) in [5, 5.41) is 6.87. The molecule has 2 heterocycles. The topological polar surface area (TPSA) is 92.5 Å². The van der Waals surface area contributed by atoms with E-state index < -0.39 is 15.9 Å². The predicted octanol–water partition coefficient (Wildman–Crippen LogP) is 5.43. The lowest BCUT2D eigenvalue weighted by molar-refractivity contribution is -0.120. The number of aryl methyl sites for hydroxylation is 5. The van der Waals surface area contributed by atoms with Crippen molar-refractivity contribution in [2.75, 3.05) is 18.4 Å². The number of hydrogen-bond donors (Lipinski definition) is 1. The first-order valence-electron chi connectivity index (χ1n) is 12.2. The van der Waals surface area contributed by atoms with E-state index in [9.17, 15) is 13.2 Å². The SMILES string of the molecule is Cc1ccc(NC(=O)C2CCCN(S(=O)(=O)c3c(C)noc3C=Cc3c(C)cc(C)cc3C)C2)cc1. The summed E-state index contributed by atoms with van der Waals surface area (Å²) in [6, 6.07) is 11.7. The number of sulfonamides is 1. The molecule has 0 radical (unpaired) electrons. The van der Waals surface area contributed by atoms with Gasteiger partial charge < -0.3 is 9.84 Å². The normalized spacial score (nSPS) is 17.0. The molecule has 2 aromatic carbocycles. The first kappa shape index (κ1) is 25.9. The minimum absolute atomic E-state index is 0.0563. The lowest BCUT2D eigenvalue weighted by Crippen LogP contribution is -2.43. The fraction of sp³-hybridized carbons (Fsp3) is 0.357. The summed E-state index contributed by atoms with van der Waals surface area (Å²) in [4.78, 5) is 13.0. The quantitative estimate of drug-likeness (QED) is 0.481. The molecule has 190 valence electrons. The first-order valence-corrected chi connectivity index (χ1v) is 13.6. The number of carbonyl (C=O) groups is 1. The zero-order valence-corrected chi connectivity index (χ0v) is 22.3. The molecule has 4 rings (SSSR count). The highest BCUT2D eigenvalue weighted by atomic mass is 32.2. The molecule has 3 aromatic rings. The van der Waals surface area contributed by atoms with Crippen LogP contribution in [0.1, 0.15) is 52.1 Å². The van der Waals surface area contributed by atoms with E-state index in [2.05, 4.69) is 22.6 Å². The van der Waals surface area contributed by atoms with E-state index in [1.54, 1.807) is 13.0 Å². The molecule has 1 atom stereocenters. The molecule has 36 heavy (non-hydrogen) atoms. The second-order valence-corrected chi connectivity index (χ2v) is 11.5. The molecule has 1 saturated heterocycles. The van der Waals surface area contributed by atoms with Gasteiger partial charge in [-0.15, -0.1) is 0 Å². The van der Waals surface area contributed by atoms with Crippen LogP contribution in [0.15, 0.2) is 45.8 Å². The molecule has 1 fully saturated rings. The Hall–Kier alpha value is -3.23. The van der Waals surface area contributed by atoms with E-state index >= 15 is 0 Å². The number of amides is 1. The molecule has 1 aliphatic heterocycles. The standard InChI is InChI=1S/C28H33N3O4S/c1-18-8-10-24(11-9-18)29-28(32)23-7-6-14-31(17-23)36(33,34)27-22(5)30-35-26(27)13-12-25-20(3)15-19(2)16-21(25)4/h8-13,15-16,23H,6-7,14,17H2,1-5H3,(H,29,32). The largest absolute Gasteiger partial charge is 0.355 e. The van der Waals surface area contributed by atoms with Gasteiger partial charge in [0.25, 0.3) is 0 Å². The fourth-order valence-corrected chi connectivity index (χ4v) is 6.57. The number of rotatable bonds is 6. The van der Waals surface area contributed by atoms with Crippen molar-refractivity contribution in [3.05, 3.63) is 75.7 Å². The van der Waals surface area contributed by atoms with Crippen molar-refractivity contribution in [3.8, 4) is 0 Å². The Labute approximate surface area is 213 Å². The van der Waals surface area contributed by atoms with E-state index in [0.29, 0.717) is 30.8 Å². The van der Waals surface area contributed by atoms with Crippen molar-refractivity contribution in [1.82, 2.24) is 9.46 Å². The Bertz CT molecular complexity index is 1380. The van der Waals surface area contributed by atoms with Crippen molar-refractivity contribution in [2.24, 2.45) is 5.92 Å². The molecule has 1 N–H and O–H groups in total. The highest BCUT2D eigenvalue weighted by molar-refractivity contribution is 7.89. The summed E-state index contributed by atoms with van der Waals surface area (Å²) in [5.74, 6) is -0.420. The fourth-order valence-electron chi connectivity index (χ4n) is 4.80. The number of nitrogens with one attached hydrogen (secondary N) is 1. The maximum absolute atomic E-state index is 13.7. The van der Waals surface area contributed by atoms with E-state index in [0.717, 1.165) is 22.3 Å². The van der Waals surface area contributed by atoms with Crippen LogP contribution in [-0.4, -0.2) is 36.9 Å². The van der Waals surface area contributed by atoms with Crippen LogP contribution in [0.25, 0.3) is 12.2 Å². The van der Waals surface area contributed by atoms with Gasteiger partial charge in [0, 0.05) is 18.8 Å². The summed E-state index contributed by atoms with van der Waals surface area (Å²) in [5.41, 5.74) is 6.50. The van der Waals surface area contributed by atoms with Gasteiger partial charge in [-0.05, 0) is 82.4 Å². The van der Waals surface area contributed by atoms with Crippen molar-refractivity contribution in [1.29, 1.82) is 0 Å². The second-order valence-electron chi connectivity index (χ2n) is 9.66. The number of nitrogens with zero attached hydrogens (tertiary/aromatic N) is 2. The Morgan fingerprint density at radius 1 is 1.03 bits per heavy atom. The molecular formula is C28H33N3O4S. The van der Waals surface area contributed by atoms with Crippen LogP contribution in [0, 0.1) is 40.5 Å². The van der Waals surface area contributed by atoms with Crippen molar-refractivity contribution in [2.45, 2.75) is 52.4 Å². The molecule has 1 aliphatic rings. The summed E-state index contributed by atoms with van der Waals surface area (Å²) in [7, 11) is -3.91. The van der Waals surface area contributed by atoms with E-state index in [1.807, 2.05) is 58.0 Å². The van der Waals surface area contributed by atoms with Gasteiger partial charge in [0.2, 0.25) is 15.9 Å². The lowest BCUT2D eigenvalue weighted by atomic mass is 9.98. The van der Waals surface area contributed by atoms with Crippen molar-refractivity contribution in [3.63, 3.8) is 0 Å². The monoisotopic (exact) mass is 507 g/mol. The molecular weight excluding hydrogens is 474 g/mol. The van der Waals surface area contributed by atoms with Crippen LogP contribution in [0.4, 0.5) is 5.69 Å². The number of anilines is 1. The summed E-state index contributed by atoms with van der Waals surface area (Å²) < 4.78 is 34.2. The lowest BCUT2D eigenvalue weighted by Gasteiger charge is -2.31. The molecule has 0 spiro atoms. The average molecular weight is 508 g/mol. The molecule has 7 nitrogen and oxygen atoms in total. The van der Waals surface area contributed by atoms with E-state index in [1.165, 1.54) is 9.87 Å². The average Bonchev–Trinajstić information content (AvgIpc) is 3.21. The Balaban J connectivity index is 1.56. The third-order valence-corrected chi connectivity index (χ3v) is 8.67. The predicted molar refractivity (Wildman–Crippen MR) is 142 cm³/mol. The molecule has 1 amide bonds. The Morgan fingerprint density at radius 2 is 1.69 bits per heavy atom. The smallest absolute Gasteiger partial charge is 0.248 e. The van der Waals surface area contributed by atoms with Gasteiger partial charge in [0.1, 0.15) is 5.69 Å². The Kier molecular flexibility index (Phi) is 7.47. The van der Waals surface area contributed by atoms with Crippen molar-refractivity contribution >= 4 is 33.8 Å².